The van der Waals surface area contributed by atoms with Crippen molar-refractivity contribution in [2.24, 2.45) is 0 Å². The van der Waals surface area contributed by atoms with Gasteiger partial charge < -0.3 is 9.80 Å². The summed E-state index contributed by atoms with van der Waals surface area (Å²) in [6.45, 7) is 3.14. The average Bonchev–Trinajstić information content (AvgIpc) is 2.66. The van der Waals surface area contributed by atoms with Crippen LogP contribution in [0.15, 0.2) is 76.5 Å². The molecule has 0 bridgehead atoms. The molecule has 3 aromatic carbocycles. The molecule has 4 heteroatoms. The summed E-state index contributed by atoms with van der Waals surface area (Å²) in [6, 6.07) is 23.3. The second-order valence-corrected chi connectivity index (χ2v) is 7.57. The normalized spacial score (nSPS) is 12.5. The molecule has 4 rings (SSSR count). The van der Waals surface area contributed by atoms with Gasteiger partial charge in [-0.2, -0.15) is 0 Å². The quantitative estimate of drug-likeness (QED) is 0.397. The Morgan fingerprint density at radius 2 is 1.64 bits per heavy atom. The molecular weight excluding hydrogens is 348 g/mol. The molecule has 25 heavy (non-hydrogen) atoms. The summed E-state index contributed by atoms with van der Waals surface area (Å²) in [5.41, 5.74) is 4.69. The monoisotopic (exact) mass is 366 g/mol. The summed E-state index contributed by atoms with van der Waals surface area (Å²) < 4.78 is 0. The first-order chi connectivity index (χ1) is 12.2. The highest BCUT2D eigenvalue weighted by molar-refractivity contribution is 7.99. The minimum Gasteiger partial charge on any atom is -0.375 e. The topological polar surface area (TPSA) is 6.48 Å². The molecule has 0 spiro atoms. The maximum atomic E-state index is 6.30. The lowest BCUT2D eigenvalue weighted by molar-refractivity contribution is 0.968. The van der Waals surface area contributed by atoms with E-state index in [4.69, 9.17) is 11.6 Å². The zero-order valence-corrected chi connectivity index (χ0v) is 15.8. The highest BCUT2D eigenvalue weighted by atomic mass is 35.5. The van der Waals surface area contributed by atoms with Crippen LogP contribution in [0.3, 0.4) is 0 Å². The number of rotatable bonds is 3. The van der Waals surface area contributed by atoms with Crippen LogP contribution in [0, 0.1) is 0 Å². The molecule has 0 aromatic heterocycles. The van der Waals surface area contributed by atoms with Gasteiger partial charge in [-0.25, -0.2) is 0 Å². The minimum atomic E-state index is 0.756. The molecule has 126 valence electrons. The van der Waals surface area contributed by atoms with Crippen LogP contribution < -0.4 is 9.80 Å². The first-order valence-electron chi connectivity index (χ1n) is 8.35. The van der Waals surface area contributed by atoms with Gasteiger partial charge in [0, 0.05) is 39.8 Å². The Balaban J connectivity index is 1.85. The Labute approximate surface area is 158 Å². The van der Waals surface area contributed by atoms with Crippen LogP contribution in [-0.2, 0) is 0 Å². The van der Waals surface area contributed by atoms with Crippen molar-refractivity contribution in [3.63, 3.8) is 0 Å². The van der Waals surface area contributed by atoms with Crippen molar-refractivity contribution in [2.45, 2.75) is 16.7 Å². The fraction of sp³-hybridized carbons (Fsp3) is 0.143. The molecule has 0 amide bonds. The summed E-state index contributed by atoms with van der Waals surface area (Å²) in [6.07, 6.45) is 0. The number of nitrogens with zero attached hydrogens (tertiary/aromatic N) is 2. The smallest absolute Gasteiger partial charge is 0.0616 e. The van der Waals surface area contributed by atoms with Crippen molar-refractivity contribution in [1.29, 1.82) is 0 Å². The van der Waals surface area contributed by atoms with Crippen LogP contribution in [0.2, 0.25) is 5.02 Å². The molecule has 0 radical (unpaired) electrons. The van der Waals surface area contributed by atoms with Gasteiger partial charge in [-0.05, 0) is 61.5 Å². The molecular formula is C21H19ClN2S. The molecule has 3 aromatic rings. The average molecular weight is 367 g/mol. The zero-order valence-electron chi connectivity index (χ0n) is 14.2. The Bertz CT molecular complexity index is 908. The van der Waals surface area contributed by atoms with Crippen LogP contribution in [-0.4, -0.2) is 13.6 Å². The van der Waals surface area contributed by atoms with E-state index >= 15 is 0 Å². The highest BCUT2D eigenvalue weighted by Crippen LogP contribution is 2.51. The van der Waals surface area contributed by atoms with Gasteiger partial charge in [0.2, 0.25) is 0 Å². The molecule has 0 saturated carbocycles. The van der Waals surface area contributed by atoms with E-state index in [0.717, 1.165) is 22.9 Å². The van der Waals surface area contributed by atoms with Gasteiger partial charge in [-0.3, -0.25) is 0 Å². The summed E-state index contributed by atoms with van der Waals surface area (Å²) >= 11 is 8.09. The predicted molar refractivity (Wildman–Crippen MR) is 109 cm³/mol. The lowest BCUT2D eigenvalue weighted by Gasteiger charge is -2.33. The number of hydrogen-bond donors (Lipinski definition) is 0. The van der Waals surface area contributed by atoms with Crippen molar-refractivity contribution < 1.29 is 0 Å². The lowest BCUT2D eigenvalue weighted by Crippen LogP contribution is -2.17. The van der Waals surface area contributed by atoms with Crippen LogP contribution in [0.25, 0.3) is 0 Å². The van der Waals surface area contributed by atoms with Crippen molar-refractivity contribution in [3.05, 3.63) is 71.8 Å². The van der Waals surface area contributed by atoms with Gasteiger partial charge >= 0.3 is 0 Å². The van der Waals surface area contributed by atoms with Crippen LogP contribution in [0.1, 0.15) is 6.92 Å². The fourth-order valence-corrected chi connectivity index (χ4v) is 4.25. The molecule has 0 unspecified atom stereocenters. The van der Waals surface area contributed by atoms with Crippen LogP contribution >= 0.6 is 23.4 Å². The van der Waals surface area contributed by atoms with E-state index in [9.17, 15) is 0 Å². The summed E-state index contributed by atoms with van der Waals surface area (Å²) in [7, 11) is 2.11. The Kier molecular flexibility index (Phi) is 4.36. The fourth-order valence-electron chi connectivity index (χ4n) is 3.04. The molecule has 1 aliphatic heterocycles. The summed E-state index contributed by atoms with van der Waals surface area (Å²) in [5, 5.41) is 0.756. The number of anilines is 4. The third-order valence-corrected chi connectivity index (χ3v) is 5.88. The number of hydrogen-bond acceptors (Lipinski definition) is 3. The molecule has 1 aliphatic rings. The molecule has 0 aliphatic carbocycles. The van der Waals surface area contributed by atoms with Gasteiger partial charge in [0.25, 0.3) is 0 Å². The maximum absolute atomic E-state index is 6.30. The van der Waals surface area contributed by atoms with E-state index in [1.54, 1.807) is 11.8 Å². The molecule has 2 nitrogen and oxygen atoms in total. The minimum absolute atomic E-state index is 0.756. The number of fused-ring (bicyclic) bond motifs is 2. The second kappa shape index (κ2) is 6.66. The van der Waals surface area contributed by atoms with E-state index in [0.29, 0.717) is 0 Å². The predicted octanol–water partition coefficient (Wildman–Crippen LogP) is 6.73. The second-order valence-electron chi connectivity index (χ2n) is 6.05. The molecule has 0 atom stereocenters. The number of halogens is 1. The van der Waals surface area contributed by atoms with Crippen molar-refractivity contribution in [1.82, 2.24) is 0 Å². The van der Waals surface area contributed by atoms with Crippen LogP contribution in [0.5, 0.6) is 0 Å². The van der Waals surface area contributed by atoms with Gasteiger partial charge in [-0.15, -0.1) is 0 Å². The Morgan fingerprint density at radius 3 is 2.40 bits per heavy atom. The van der Waals surface area contributed by atoms with E-state index < -0.39 is 0 Å². The first kappa shape index (κ1) is 16.4. The van der Waals surface area contributed by atoms with Gasteiger partial charge in [0.05, 0.1) is 11.4 Å². The number of para-hydroxylation sites is 1. The third kappa shape index (κ3) is 2.99. The number of benzene rings is 3. The largest absolute Gasteiger partial charge is 0.375 e. The SMILES string of the molecule is CCN(C)c1ccc(N2c3ccccc3Sc3ccc(Cl)cc32)cc1. The molecule has 0 fully saturated rings. The first-order valence-corrected chi connectivity index (χ1v) is 9.54. The van der Waals surface area contributed by atoms with Gasteiger partial charge in [0.15, 0.2) is 0 Å². The molecule has 1 heterocycles. The summed E-state index contributed by atoms with van der Waals surface area (Å²) in [4.78, 5) is 7.00. The summed E-state index contributed by atoms with van der Waals surface area (Å²) in [5.74, 6) is 0. The van der Waals surface area contributed by atoms with Crippen molar-refractivity contribution in [3.8, 4) is 0 Å². The highest BCUT2D eigenvalue weighted by Gasteiger charge is 2.24. The van der Waals surface area contributed by atoms with Crippen molar-refractivity contribution >= 4 is 46.1 Å². The van der Waals surface area contributed by atoms with Gasteiger partial charge in [0.1, 0.15) is 0 Å². The Hall–Kier alpha value is -2.10. The lowest BCUT2D eigenvalue weighted by atomic mass is 10.1. The maximum Gasteiger partial charge on any atom is 0.0616 e. The Morgan fingerprint density at radius 1 is 0.920 bits per heavy atom. The van der Waals surface area contributed by atoms with E-state index in [-0.39, 0.29) is 0 Å². The third-order valence-electron chi connectivity index (χ3n) is 4.51. The van der Waals surface area contributed by atoms with E-state index in [1.165, 1.54) is 21.2 Å². The van der Waals surface area contributed by atoms with Crippen LogP contribution in [0.4, 0.5) is 22.7 Å². The van der Waals surface area contributed by atoms with E-state index in [1.807, 2.05) is 12.1 Å². The van der Waals surface area contributed by atoms with Gasteiger partial charge in [-0.1, -0.05) is 35.5 Å². The molecule has 0 saturated heterocycles. The zero-order chi connectivity index (χ0) is 17.4. The van der Waals surface area contributed by atoms with Crippen molar-refractivity contribution in [2.75, 3.05) is 23.4 Å². The standard InChI is InChI=1S/C21H19ClN2S/c1-3-23(2)16-9-11-17(12-10-16)24-18-6-4-5-7-20(18)25-21-13-8-15(22)14-19(21)24/h4-14H,3H2,1-2H3. The molecule has 0 N–H and O–H groups in total. The van der Waals surface area contributed by atoms with E-state index in [2.05, 4.69) is 78.4 Å².